The topological polar surface area (TPSA) is 42.0 Å². The lowest BCUT2D eigenvalue weighted by Crippen LogP contribution is -2.36. The number of carbonyl (C=O) groups excluding carboxylic acids is 1. The maximum absolute atomic E-state index is 14.7. The molecule has 3 nitrogen and oxygen atoms in total. The van der Waals surface area contributed by atoms with Crippen LogP contribution in [0.5, 0.6) is 0 Å². The summed E-state index contributed by atoms with van der Waals surface area (Å²) in [6, 6.07) is 2.33. The average molecular weight is 379 g/mol. The fraction of sp³-hybridized carbons (Fsp3) is 0.647. The van der Waals surface area contributed by atoms with E-state index in [1.54, 1.807) is 0 Å². The van der Waals surface area contributed by atoms with Crippen LogP contribution >= 0.6 is 23.2 Å². The highest BCUT2D eigenvalue weighted by molar-refractivity contribution is 6.32. The predicted octanol–water partition coefficient (Wildman–Crippen LogP) is 5.20. The molecule has 0 aromatic carbocycles. The van der Waals surface area contributed by atoms with E-state index in [0.29, 0.717) is 32.2 Å². The van der Waals surface area contributed by atoms with Gasteiger partial charge in [-0.3, -0.25) is 4.79 Å². The number of hydrogen-bond acceptors (Lipinski definition) is 2. The number of hydrogen-bond donors (Lipinski definition) is 1. The van der Waals surface area contributed by atoms with Crippen molar-refractivity contribution in [3.63, 3.8) is 0 Å². The second-order valence-corrected chi connectivity index (χ2v) is 7.09. The molecule has 1 aromatic rings. The minimum Gasteiger partial charge on any atom is -0.356 e. The van der Waals surface area contributed by atoms with Gasteiger partial charge in [-0.15, -0.1) is 0 Å². The van der Waals surface area contributed by atoms with E-state index in [1.807, 2.05) is 0 Å². The average Bonchev–Trinajstić information content (AvgIpc) is 2.54. The van der Waals surface area contributed by atoms with Crippen LogP contribution in [-0.4, -0.2) is 17.4 Å². The maximum Gasteiger partial charge on any atom is 0.276 e. The summed E-state index contributed by atoms with van der Waals surface area (Å²) in [6.07, 6.45) is 3.50. The van der Waals surface area contributed by atoms with Gasteiger partial charge in [0.25, 0.3) is 5.92 Å². The van der Waals surface area contributed by atoms with Crippen LogP contribution in [0.2, 0.25) is 10.3 Å². The highest BCUT2D eigenvalue weighted by atomic mass is 35.5. The normalized spacial score (nSPS) is 21.5. The van der Waals surface area contributed by atoms with Gasteiger partial charge in [0.2, 0.25) is 5.91 Å². The number of carbonyl (C=O) groups is 1. The van der Waals surface area contributed by atoms with Crippen molar-refractivity contribution in [2.75, 3.05) is 6.54 Å². The van der Waals surface area contributed by atoms with E-state index in [-0.39, 0.29) is 27.7 Å². The van der Waals surface area contributed by atoms with Gasteiger partial charge in [-0.2, -0.15) is 0 Å². The van der Waals surface area contributed by atoms with Gasteiger partial charge in [0.1, 0.15) is 10.3 Å². The van der Waals surface area contributed by atoms with Crippen LogP contribution in [0.1, 0.15) is 51.0 Å². The lowest BCUT2D eigenvalue weighted by molar-refractivity contribution is -0.129. The van der Waals surface area contributed by atoms with Crippen LogP contribution in [-0.2, 0) is 10.7 Å². The number of alkyl halides is 2. The number of amides is 1. The molecule has 0 radical (unpaired) electrons. The molecule has 134 valence electrons. The number of nitrogens with zero attached hydrogens (tertiary/aromatic N) is 1. The van der Waals surface area contributed by atoms with E-state index in [0.717, 1.165) is 25.0 Å². The molecule has 1 heterocycles. The first-order valence-corrected chi connectivity index (χ1v) is 9.09. The molecule has 7 heteroatoms. The summed E-state index contributed by atoms with van der Waals surface area (Å²) in [4.78, 5) is 15.8. The standard InChI is InChI=1S/C17H22Cl2F2N2O/c1-2-3-8-22-16(24)11-4-6-12(7-5-11)17(20,21)13-9-14(18)23-15(19)10-13/h9-12H,2-8H2,1H3,(H,22,24)/t11-,12-. The van der Waals surface area contributed by atoms with Crippen molar-refractivity contribution in [3.8, 4) is 0 Å². The highest BCUT2D eigenvalue weighted by Gasteiger charge is 2.44. The molecule has 0 unspecified atom stereocenters. The Labute approximate surface area is 151 Å². The lowest BCUT2D eigenvalue weighted by Gasteiger charge is -2.33. The van der Waals surface area contributed by atoms with Crippen LogP contribution in [0, 0.1) is 11.8 Å². The Morgan fingerprint density at radius 3 is 2.38 bits per heavy atom. The first kappa shape index (κ1) is 19.4. The van der Waals surface area contributed by atoms with Crippen LogP contribution in [0.25, 0.3) is 0 Å². The predicted molar refractivity (Wildman–Crippen MR) is 91.5 cm³/mol. The number of pyridine rings is 1. The third-order valence-electron chi connectivity index (χ3n) is 4.59. The molecule has 0 spiro atoms. The van der Waals surface area contributed by atoms with Crippen molar-refractivity contribution in [3.05, 3.63) is 28.0 Å². The first-order chi connectivity index (χ1) is 11.3. The van der Waals surface area contributed by atoms with E-state index >= 15 is 0 Å². The summed E-state index contributed by atoms with van der Waals surface area (Å²) < 4.78 is 29.5. The third kappa shape index (κ3) is 4.79. The van der Waals surface area contributed by atoms with Gasteiger partial charge in [-0.1, -0.05) is 36.5 Å². The monoisotopic (exact) mass is 378 g/mol. The van der Waals surface area contributed by atoms with Crippen LogP contribution in [0.15, 0.2) is 12.1 Å². The van der Waals surface area contributed by atoms with Crippen molar-refractivity contribution in [1.82, 2.24) is 10.3 Å². The molecule has 1 amide bonds. The zero-order valence-electron chi connectivity index (χ0n) is 13.6. The Kier molecular flexibility index (Phi) is 6.81. The molecular formula is C17H22Cl2F2N2O. The zero-order valence-corrected chi connectivity index (χ0v) is 15.1. The number of unbranched alkanes of at least 4 members (excludes halogenated alkanes) is 1. The largest absolute Gasteiger partial charge is 0.356 e. The van der Waals surface area contributed by atoms with Crippen molar-refractivity contribution >= 4 is 29.1 Å². The SMILES string of the molecule is CCCCNC(=O)[C@H]1CC[C@H](C(F)(F)c2cc(Cl)nc(Cl)c2)CC1. The van der Waals surface area contributed by atoms with E-state index in [2.05, 4.69) is 17.2 Å². The molecule has 1 aliphatic rings. The summed E-state index contributed by atoms with van der Waals surface area (Å²) in [5.41, 5.74) is -0.205. The molecule has 1 aliphatic carbocycles. The quantitative estimate of drug-likeness (QED) is 0.545. The van der Waals surface area contributed by atoms with E-state index in [4.69, 9.17) is 23.2 Å². The second kappa shape index (κ2) is 8.43. The maximum atomic E-state index is 14.7. The molecule has 2 rings (SSSR count). The molecule has 0 aliphatic heterocycles. The minimum atomic E-state index is -3.03. The number of nitrogens with one attached hydrogen (secondary N) is 1. The molecule has 24 heavy (non-hydrogen) atoms. The molecule has 1 saturated carbocycles. The van der Waals surface area contributed by atoms with Gasteiger partial charge in [0.05, 0.1) is 0 Å². The molecule has 1 N–H and O–H groups in total. The summed E-state index contributed by atoms with van der Waals surface area (Å²) in [5.74, 6) is -4.02. The van der Waals surface area contributed by atoms with Crippen molar-refractivity contribution in [2.45, 2.75) is 51.4 Å². The van der Waals surface area contributed by atoms with Gasteiger partial charge in [0, 0.05) is 23.9 Å². The fourth-order valence-electron chi connectivity index (χ4n) is 3.14. The van der Waals surface area contributed by atoms with Gasteiger partial charge < -0.3 is 5.32 Å². The Hall–Kier alpha value is -0.940. The van der Waals surface area contributed by atoms with Crippen molar-refractivity contribution in [2.24, 2.45) is 11.8 Å². The van der Waals surface area contributed by atoms with Gasteiger partial charge in [-0.25, -0.2) is 13.8 Å². The number of rotatable bonds is 6. The van der Waals surface area contributed by atoms with Crippen LogP contribution in [0.4, 0.5) is 8.78 Å². The smallest absolute Gasteiger partial charge is 0.276 e. The van der Waals surface area contributed by atoms with Crippen LogP contribution in [0.3, 0.4) is 0 Å². The summed E-state index contributed by atoms with van der Waals surface area (Å²) in [5, 5.41) is 2.80. The fourth-order valence-corrected chi connectivity index (χ4v) is 3.60. The van der Waals surface area contributed by atoms with E-state index in [1.165, 1.54) is 0 Å². The molecule has 0 atom stereocenters. The van der Waals surface area contributed by atoms with Gasteiger partial charge >= 0.3 is 0 Å². The number of aromatic nitrogens is 1. The molecule has 0 saturated heterocycles. The van der Waals surface area contributed by atoms with Gasteiger partial charge in [-0.05, 0) is 44.2 Å². The third-order valence-corrected chi connectivity index (χ3v) is 4.98. The summed E-state index contributed by atoms with van der Waals surface area (Å²) >= 11 is 11.5. The van der Waals surface area contributed by atoms with E-state index in [9.17, 15) is 13.6 Å². The molecule has 0 bridgehead atoms. The Morgan fingerprint density at radius 2 is 1.83 bits per heavy atom. The Morgan fingerprint density at radius 1 is 1.25 bits per heavy atom. The van der Waals surface area contributed by atoms with E-state index < -0.39 is 11.8 Å². The molecule has 1 fully saturated rings. The van der Waals surface area contributed by atoms with Crippen LogP contribution < -0.4 is 5.32 Å². The first-order valence-electron chi connectivity index (χ1n) is 8.33. The second-order valence-electron chi connectivity index (χ2n) is 6.32. The van der Waals surface area contributed by atoms with Gasteiger partial charge in [0.15, 0.2) is 0 Å². The Bertz CT molecular complexity index is 555. The minimum absolute atomic E-state index is 0.0137. The zero-order chi connectivity index (χ0) is 17.7. The Balaban J connectivity index is 1.96. The summed E-state index contributed by atoms with van der Waals surface area (Å²) in [6.45, 7) is 2.70. The molecular weight excluding hydrogens is 357 g/mol. The lowest BCUT2D eigenvalue weighted by atomic mass is 9.77. The molecule has 1 aromatic heterocycles. The van der Waals surface area contributed by atoms with Crippen molar-refractivity contribution < 1.29 is 13.6 Å². The highest BCUT2D eigenvalue weighted by Crippen LogP contribution is 2.45. The summed E-state index contributed by atoms with van der Waals surface area (Å²) in [7, 11) is 0. The van der Waals surface area contributed by atoms with Crippen molar-refractivity contribution in [1.29, 1.82) is 0 Å². The number of halogens is 4.